The van der Waals surface area contributed by atoms with Crippen molar-refractivity contribution >= 4 is 10.9 Å². The lowest BCUT2D eigenvalue weighted by molar-refractivity contribution is -0.140. The highest BCUT2D eigenvalue weighted by Crippen LogP contribution is 2.19. The van der Waals surface area contributed by atoms with Gasteiger partial charge in [0.1, 0.15) is 6.54 Å². The Morgan fingerprint density at radius 2 is 1.75 bits per heavy atom. The van der Waals surface area contributed by atoms with E-state index in [1.165, 1.54) is 12.1 Å². The summed E-state index contributed by atoms with van der Waals surface area (Å²) >= 11 is 0. The summed E-state index contributed by atoms with van der Waals surface area (Å²) in [7, 11) is 0. The van der Waals surface area contributed by atoms with Crippen LogP contribution < -0.4 is 5.56 Å². The predicted molar refractivity (Wildman–Crippen MR) is 54.3 cm³/mol. The van der Waals surface area contributed by atoms with Gasteiger partial charge in [0.05, 0.1) is 5.52 Å². The monoisotopic (exact) mass is 227 g/mol. The minimum absolute atomic E-state index is 0.298. The number of rotatable bonds is 1. The van der Waals surface area contributed by atoms with Crippen LogP contribution >= 0.6 is 0 Å². The number of alkyl halides is 3. The van der Waals surface area contributed by atoms with Crippen LogP contribution in [0, 0.1) is 0 Å². The minimum atomic E-state index is -4.39. The maximum absolute atomic E-state index is 12.3. The molecule has 2 aromatic rings. The predicted octanol–water partition coefficient (Wildman–Crippen LogP) is 2.56. The van der Waals surface area contributed by atoms with Gasteiger partial charge in [-0.1, -0.05) is 18.2 Å². The van der Waals surface area contributed by atoms with E-state index in [9.17, 15) is 18.0 Å². The zero-order valence-corrected chi connectivity index (χ0v) is 8.16. The van der Waals surface area contributed by atoms with Crippen LogP contribution in [-0.4, -0.2) is 10.7 Å². The third-order valence-corrected chi connectivity index (χ3v) is 2.24. The maximum atomic E-state index is 12.3. The van der Waals surface area contributed by atoms with Crippen molar-refractivity contribution in [1.29, 1.82) is 0 Å². The Labute approximate surface area is 88.9 Å². The van der Waals surface area contributed by atoms with E-state index >= 15 is 0 Å². The largest absolute Gasteiger partial charge is 0.406 e. The number of benzene rings is 1. The molecule has 16 heavy (non-hydrogen) atoms. The van der Waals surface area contributed by atoms with Crippen molar-refractivity contribution in [1.82, 2.24) is 4.57 Å². The SMILES string of the molecule is O=c1ccc2ccccc2n1CC(F)(F)F. The highest BCUT2D eigenvalue weighted by Gasteiger charge is 2.28. The first-order valence-corrected chi connectivity index (χ1v) is 4.63. The van der Waals surface area contributed by atoms with Crippen LogP contribution in [-0.2, 0) is 6.54 Å². The second-order valence-electron chi connectivity index (χ2n) is 3.43. The molecule has 0 atom stereocenters. The van der Waals surface area contributed by atoms with E-state index in [0.717, 1.165) is 10.6 Å². The topological polar surface area (TPSA) is 22.0 Å². The van der Waals surface area contributed by atoms with E-state index in [2.05, 4.69) is 0 Å². The van der Waals surface area contributed by atoms with Crippen molar-refractivity contribution in [2.45, 2.75) is 12.7 Å². The second kappa shape index (κ2) is 3.66. The van der Waals surface area contributed by atoms with Crippen LogP contribution in [0.1, 0.15) is 0 Å². The van der Waals surface area contributed by atoms with Crippen molar-refractivity contribution in [2.75, 3.05) is 0 Å². The van der Waals surface area contributed by atoms with Crippen LogP contribution in [0.15, 0.2) is 41.2 Å². The third-order valence-electron chi connectivity index (χ3n) is 2.24. The van der Waals surface area contributed by atoms with Crippen LogP contribution in [0.25, 0.3) is 10.9 Å². The summed E-state index contributed by atoms with van der Waals surface area (Å²) in [5.41, 5.74) is -0.344. The zero-order valence-electron chi connectivity index (χ0n) is 8.16. The number of hydrogen-bond acceptors (Lipinski definition) is 1. The molecule has 0 spiro atoms. The van der Waals surface area contributed by atoms with Gasteiger partial charge in [-0.25, -0.2) is 0 Å². The average Bonchev–Trinajstić information content (AvgIpc) is 2.21. The third kappa shape index (κ3) is 2.08. The molecule has 0 amide bonds. The van der Waals surface area contributed by atoms with Crippen molar-refractivity contribution in [2.24, 2.45) is 0 Å². The first kappa shape index (κ1) is 10.7. The number of pyridine rings is 1. The summed E-state index contributed by atoms with van der Waals surface area (Å²) in [5, 5.41) is 0.617. The zero-order chi connectivity index (χ0) is 11.8. The molecule has 1 aromatic heterocycles. The van der Waals surface area contributed by atoms with E-state index in [1.54, 1.807) is 18.2 Å². The lowest BCUT2D eigenvalue weighted by Crippen LogP contribution is -2.27. The molecule has 2 rings (SSSR count). The van der Waals surface area contributed by atoms with Gasteiger partial charge in [-0.15, -0.1) is 0 Å². The molecular weight excluding hydrogens is 219 g/mol. The molecule has 0 unspecified atom stereocenters. The fourth-order valence-corrected chi connectivity index (χ4v) is 1.59. The van der Waals surface area contributed by atoms with Gasteiger partial charge in [-0.3, -0.25) is 9.36 Å². The van der Waals surface area contributed by atoms with Gasteiger partial charge in [0.15, 0.2) is 0 Å². The summed E-state index contributed by atoms with van der Waals surface area (Å²) in [6.45, 7) is -1.26. The fraction of sp³-hybridized carbons (Fsp3) is 0.182. The van der Waals surface area contributed by atoms with E-state index in [4.69, 9.17) is 0 Å². The second-order valence-corrected chi connectivity index (χ2v) is 3.43. The standard InChI is InChI=1S/C11H8F3NO/c12-11(13,14)7-15-9-4-2-1-3-8(9)5-6-10(15)16/h1-6H,7H2. The fourth-order valence-electron chi connectivity index (χ4n) is 1.59. The molecular formula is C11H8F3NO. The van der Waals surface area contributed by atoms with Gasteiger partial charge < -0.3 is 0 Å². The number of fused-ring (bicyclic) bond motifs is 1. The number of para-hydroxylation sites is 1. The number of aromatic nitrogens is 1. The first-order valence-electron chi connectivity index (χ1n) is 4.63. The lowest BCUT2D eigenvalue weighted by Gasteiger charge is -2.11. The number of hydrogen-bond donors (Lipinski definition) is 0. The molecule has 0 radical (unpaired) electrons. The summed E-state index contributed by atoms with van der Waals surface area (Å²) in [6, 6.07) is 9.15. The maximum Gasteiger partial charge on any atom is 0.406 e. The molecule has 0 aliphatic carbocycles. The molecule has 0 N–H and O–H groups in total. The molecule has 0 saturated carbocycles. The molecule has 0 bridgehead atoms. The van der Waals surface area contributed by atoms with Crippen LogP contribution in [0.5, 0.6) is 0 Å². The summed E-state index contributed by atoms with van der Waals surface area (Å²) < 4.78 is 37.6. The van der Waals surface area contributed by atoms with E-state index in [1.807, 2.05) is 0 Å². The Bertz CT molecular complexity index is 571. The summed E-state index contributed by atoms with van der Waals surface area (Å²) in [4.78, 5) is 11.4. The lowest BCUT2D eigenvalue weighted by atomic mass is 10.2. The van der Waals surface area contributed by atoms with Gasteiger partial charge in [0, 0.05) is 6.07 Å². The van der Waals surface area contributed by atoms with Gasteiger partial charge in [0.25, 0.3) is 5.56 Å². The highest BCUT2D eigenvalue weighted by molar-refractivity contribution is 5.78. The normalized spacial score (nSPS) is 11.9. The summed E-state index contributed by atoms with van der Waals surface area (Å²) in [5.74, 6) is 0. The Morgan fingerprint density at radius 3 is 2.44 bits per heavy atom. The Morgan fingerprint density at radius 1 is 1.06 bits per heavy atom. The van der Waals surface area contributed by atoms with Gasteiger partial charge in [-0.2, -0.15) is 13.2 Å². The van der Waals surface area contributed by atoms with Gasteiger partial charge in [-0.05, 0) is 17.5 Å². The quantitative estimate of drug-likeness (QED) is 0.733. The molecule has 0 aliphatic rings. The van der Waals surface area contributed by atoms with Crippen molar-refractivity contribution in [3.8, 4) is 0 Å². The molecule has 0 fully saturated rings. The first-order chi connectivity index (χ1) is 7.47. The Hall–Kier alpha value is -1.78. The van der Waals surface area contributed by atoms with Crippen LogP contribution in [0.4, 0.5) is 13.2 Å². The average molecular weight is 227 g/mol. The molecule has 2 nitrogen and oxygen atoms in total. The molecule has 0 aliphatic heterocycles. The van der Waals surface area contributed by atoms with Crippen LogP contribution in [0.3, 0.4) is 0 Å². The Kier molecular flexibility index (Phi) is 2.46. The molecule has 1 heterocycles. The molecule has 1 aromatic carbocycles. The Balaban J connectivity index is 2.66. The van der Waals surface area contributed by atoms with Crippen molar-refractivity contribution in [3.05, 3.63) is 46.8 Å². The van der Waals surface area contributed by atoms with Crippen LogP contribution in [0.2, 0.25) is 0 Å². The van der Waals surface area contributed by atoms with E-state index in [-0.39, 0.29) is 0 Å². The number of nitrogens with zero attached hydrogens (tertiary/aromatic N) is 1. The van der Waals surface area contributed by atoms with Crippen molar-refractivity contribution < 1.29 is 13.2 Å². The van der Waals surface area contributed by atoms with E-state index in [0.29, 0.717) is 10.9 Å². The van der Waals surface area contributed by atoms with Gasteiger partial charge >= 0.3 is 6.18 Å². The van der Waals surface area contributed by atoms with Crippen molar-refractivity contribution in [3.63, 3.8) is 0 Å². The molecule has 84 valence electrons. The molecule has 5 heteroatoms. The summed E-state index contributed by atoms with van der Waals surface area (Å²) in [6.07, 6.45) is -4.39. The number of halogens is 3. The van der Waals surface area contributed by atoms with Gasteiger partial charge in [0.2, 0.25) is 0 Å². The van der Waals surface area contributed by atoms with E-state index < -0.39 is 18.3 Å². The smallest absolute Gasteiger partial charge is 0.299 e. The minimum Gasteiger partial charge on any atom is -0.299 e. The molecule has 0 saturated heterocycles. The highest BCUT2D eigenvalue weighted by atomic mass is 19.4.